The van der Waals surface area contributed by atoms with Crippen molar-refractivity contribution in [2.75, 3.05) is 46.0 Å². The summed E-state index contributed by atoms with van der Waals surface area (Å²) in [5.74, 6) is -0.441. The lowest BCUT2D eigenvalue weighted by Gasteiger charge is -2.38. The van der Waals surface area contributed by atoms with Crippen LogP contribution in [-0.2, 0) is 21.5 Å². The third kappa shape index (κ3) is 6.40. The van der Waals surface area contributed by atoms with Crippen LogP contribution in [0.2, 0.25) is 0 Å². The molecule has 2 heterocycles. The summed E-state index contributed by atoms with van der Waals surface area (Å²) >= 11 is 0. The van der Waals surface area contributed by atoms with Crippen LogP contribution in [0.15, 0.2) is 18.2 Å². The Labute approximate surface area is 184 Å². The molecule has 0 saturated carbocycles. The topological polar surface area (TPSA) is 103 Å². The van der Waals surface area contributed by atoms with Crippen LogP contribution < -0.4 is 4.74 Å². The predicted molar refractivity (Wildman–Crippen MR) is 116 cm³/mol. The van der Waals surface area contributed by atoms with Gasteiger partial charge in [-0.2, -0.15) is 0 Å². The molecule has 3 rings (SSSR count). The molecular formula is C23H36N2O6. The SMILES string of the molecule is CC(C)(C)c1ccc(CN2CC[C@@H](O)[C@@H](O)[C@H](N3CCOCC3)C2)c(OCC(=O)O)c1. The molecule has 0 amide bonds. The minimum atomic E-state index is -1.01. The van der Waals surface area contributed by atoms with E-state index in [1.54, 1.807) is 0 Å². The Balaban J connectivity index is 1.80. The number of aliphatic hydroxyl groups excluding tert-OH is 2. The molecule has 0 aromatic heterocycles. The van der Waals surface area contributed by atoms with E-state index in [-0.39, 0.29) is 11.5 Å². The van der Waals surface area contributed by atoms with Crippen molar-refractivity contribution in [2.45, 2.75) is 57.4 Å². The van der Waals surface area contributed by atoms with E-state index in [4.69, 9.17) is 14.6 Å². The molecule has 2 aliphatic heterocycles. The van der Waals surface area contributed by atoms with E-state index in [1.165, 1.54) is 0 Å². The van der Waals surface area contributed by atoms with Crippen molar-refractivity contribution in [3.05, 3.63) is 29.3 Å². The van der Waals surface area contributed by atoms with Gasteiger partial charge in [0, 0.05) is 38.3 Å². The first kappa shape index (κ1) is 23.9. The summed E-state index contributed by atoms with van der Waals surface area (Å²) in [6.07, 6.45) is -1.11. The van der Waals surface area contributed by atoms with Crippen LogP contribution in [0.3, 0.4) is 0 Å². The minimum absolute atomic E-state index is 0.0852. The molecule has 0 unspecified atom stereocenters. The van der Waals surface area contributed by atoms with Crippen molar-refractivity contribution < 1.29 is 29.6 Å². The van der Waals surface area contributed by atoms with Crippen molar-refractivity contribution in [3.8, 4) is 5.75 Å². The number of aliphatic hydroxyl groups is 2. The molecule has 0 aliphatic carbocycles. The summed E-state index contributed by atoms with van der Waals surface area (Å²) in [6, 6.07) is 5.81. The summed E-state index contributed by atoms with van der Waals surface area (Å²) < 4.78 is 11.1. The largest absolute Gasteiger partial charge is 0.482 e. The average Bonchev–Trinajstić information content (AvgIpc) is 2.86. The second-order valence-electron chi connectivity index (χ2n) is 9.55. The molecule has 2 aliphatic rings. The maximum absolute atomic E-state index is 11.1. The number of benzene rings is 1. The van der Waals surface area contributed by atoms with E-state index in [0.29, 0.717) is 45.0 Å². The van der Waals surface area contributed by atoms with Crippen molar-refractivity contribution in [1.82, 2.24) is 9.80 Å². The predicted octanol–water partition coefficient (Wildman–Crippen LogP) is 1.08. The number of rotatable bonds is 6. The third-order valence-corrected chi connectivity index (χ3v) is 6.17. The fourth-order valence-corrected chi connectivity index (χ4v) is 4.26. The van der Waals surface area contributed by atoms with Crippen LogP contribution in [0.1, 0.15) is 38.3 Å². The molecule has 1 aromatic rings. The zero-order valence-corrected chi connectivity index (χ0v) is 18.8. The first-order chi connectivity index (χ1) is 14.6. The highest BCUT2D eigenvalue weighted by Gasteiger charge is 2.36. The van der Waals surface area contributed by atoms with Gasteiger partial charge in [0.25, 0.3) is 0 Å². The number of likely N-dealkylation sites (tertiary alicyclic amines) is 1. The number of morpholine rings is 1. The molecule has 31 heavy (non-hydrogen) atoms. The second kappa shape index (κ2) is 10.3. The van der Waals surface area contributed by atoms with Gasteiger partial charge >= 0.3 is 5.97 Å². The summed E-state index contributed by atoms with van der Waals surface area (Å²) in [7, 11) is 0. The Morgan fingerprint density at radius 2 is 1.90 bits per heavy atom. The Morgan fingerprint density at radius 3 is 2.55 bits per heavy atom. The van der Waals surface area contributed by atoms with Crippen molar-refractivity contribution >= 4 is 5.97 Å². The minimum Gasteiger partial charge on any atom is -0.482 e. The van der Waals surface area contributed by atoms with Gasteiger partial charge in [-0.25, -0.2) is 4.79 Å². The van der Waals surface area contributed by atoms with Gasteiger partial charge in [0.1, 0.15) is 5.75 Å². The summed E-state index contributed by atoms with van der Waals surface area (Å²) in [4.78, 5) is 15.5. The van der Waals surface area contributed by atoms with E-state index in [1.807, 2.05) is 12.1 Å². The molecule has 0 spiro atoms. The number of carbonyl (C=O) groups is 1. The van der Waals surface area contributed by atoms with Crippen molar-refractivity contribution in [3.63, 3.8) is 0 Å². The van der Waals surface area contributed by atoms with E-state index < -0.39 is 24.8 Å². The number of ether oxygens (including phenoxy) is 2. The number of aliphatic carboxylic acids is 1. The summed E-state index contributed by atoms with van der Waals surface area (Å²) in [5.41, 5.74) is 1.89. The molecular weight excluding hydrogens is 400 g/mol. The first-order valence-corrected chi connectivity index (χ1v) is 11.0. The number of hydrogen-bond donors (Lipinski definition) is 3. The Morgan fingerprint density at radius 1 is 1.19 bits per heavy atom. The van der Waals surface area contributed by atoms with E-state index in [9.17, 15) is 15.0 Å². The maximum Gasteiger partial charge on any atom is 0.341 e. The molecule has 0 bridgehead atoms. The second-order valence-corrected chi connectivity index (χ2v) is 9.55. The van der Waals surface area contributed by atoms with Gasteiger partial charge in [-0.15, -0.1) is 0 Å². The van der Waals surface area contributed by atoms with Gasteiger partial charge in [-0.3, -0.25) is 9.80 Å². The summed E-state index contributed by atoms with van der Waals surface area (Å²) in [5, 5.41) is 30.3. The fraction of sp³-hybridized carbons (Fsp3) is 0.696. The normalized spacial score (nSPS) is 26.4. The highest BCUT2D eigenvalue weighted by atomic mass is 16.5. The highest BCUT2D eigenvalue weighted by Crippen LogP contribution is 2.30. The molecule has 3 atom stereocenters. The van der Waals surface area contributed by atoms with Crippen LogP contribution >= 0.6 is 0 Å². The Kier molecular flexibility index (Phi) is 7.93. The molecule has 1 aromatic carbocycles. The van der Waals surface area contributed by atoms with Gasteiger partial charge in [-0.05, 0) is 23.5 Å². The zero-order chi connectivity index (χ0) is 22.6. The number of hydrogen-bond acceptors (Lipinski definition) is 7. The summed E-state index contributed by atoms with van der Waals surface area (Å²) in [6.45, 7) is 10.4. The molecule has 2 fully saturated rings. The lowest BCUT2D eigenvalue weighted by molar-refractivity contribution is -0.139. The van der Waals surface area contributed by atoms with Crippen LogP contribution in [0.4, 0.5) is 0 Å². The highest BCUT2D eigenvalue weighted by molar-refractivity contribution is 5.68. The van der Waals surface area contributed by atoms with Crippen molar-refractivity contribution in [2.24, 2.45) is 0 Å². The Bertz CT molecular complexity index is 744. The number of carboxylic acids is 1. The van der Waals surface area contributed by atoms with E-state index in [0.717, 1.165) is 24.2 Å². The number of nitrogens with zero attached hydrogens (tertiary/aromatic N) is 2. The van der Waals surface area contributed by atoms with Crippen molar-refractivity contribution in [1.29, 1.82) is 0 Å². The molecule has 2 saturated heterocycles. The zero-order valence-electron chi connectivity index (χ0n) is 18.8. The van der Waals surface area contributed by atoms with E-state index in [2.05, 4.69) is 36.6 Å². The monoisotopic (exact) mass is 436 g/mol. The average molecular weight is 437 g/mol. The van der Waals surface area contributed by atoms with Crippen LogP contribution in [-0.4, -0.2) is 95.3 Å². The standard InChI is InChI=1S/C23H36N2O6/c1-23(2,3)17-5-4-16(20(12-17)31-15-21(27)28)13-24-7-6-19(26)22(29)18(14-24)25-8-10-30-11-9-25/h4-5,12,18-19,22,26,29H,6-11,13-15H2,1-3H3,(H,27,28)/t18-,19-,22+/m1/s1. The first-order valence-electron chi connectivity index (χ1n) is 11.0. The molecule has 3 N–H and O–H groups in total. The third-order valence-electron chi connectivity index (χ3n) is 6.17. The molecule has 174 valence electrons. The lowest BCUT2D eigenvalue weighted by Crippen LogP contribution is -2.55. The van der Waals surface area contributed by atoms with Gasteiger partial charge < -0.3 is 24.8 Å². The van der Waals surface area contributed by atoms with Crippen LogP contribution in [0.25, 0.3) is 0 Å². The molecule has 8 heteroatoms. The quantitative estimate of drug-likeness (QED) is 0.609. The van der Waals surface area contributed by atoms with E-state index >= 15 is 0 Å². The fourth-order valence-electron chi connectivity index (χ4n) is 4.26. The van der Waals surface area contributed by atoms with Crippen LogP contribution in [0, 0.1) is 0 Å². The Hall–Kier alpha value is -1.71. The lowest BCUT2D eigenvalue weighted by atomic mass is 9.86. The van der Waals surface area contributed by atoms with Gasteiger partial charge in [0.2, 0.25) is 0 Å². The molecule has 8 nitrogen and oxygen atoms in total. The smallest absolute Gasteiger partial charge is 0.341 e. The van der Waals surface area contributed by atoms with Gasteiger partial charge in [-0.1, -0.05) is 32.9 Å². The van der Waals surface area contributed by atoms with Crippen LogP contribution in [0.5, 0.6) is 5.75 Å². The van der Waals surface area contributed by atoms with Gasteiger partial charge in [0.05, 0.1) is 31.5 Å². The maximum atomic E-state index is 11.1. The van der Waals surface area contributed by atoms with Gasteiger partial charge in [0.15, 0.2) is 6.61 Å². The number of carboxylic acid groups (broad SMARTS) is 1. The molecule has 0 radical (unpaired) electrons.